The number of furan rings is 1. The van der Waals surface area contributed by atoms with Gasteiger partial charge in [0.15, 0.2) is 17.2 Å². The van der Waals surface area contributed by atoms with Crippen LogP contribution in [-0.4, -0.2) is 24.9 Å². The van der Waals surface area contributed by atoms with Crippen molar-refractivity contribution in [2.45, 2.75) is 20.8 Å². The van der Waals surface area contributed by atoms with Crippen molar-refractivity contribution >= 4 is 16.9 Å². The summed E-state index contributed by atoms with van der Waals surface area (Å²) in [7, 11) is 3.24. The van der Waals surface area contributed by atoms with Crippen LogP contribution in [0.4, 0.5) is 4.39 Å². The van der Waals surface area contributed by atoms with Gasteiger partial charge in [-0.1, -0.05) is 26.0 Å². The molecule has 0 aliphatic heterocycles. The fourth-order valence-corrected chi connectivity index (χ4v) is 1.49. The summed E-state index contributed by atoms with van der Waals surface area (Å²) >= 11 is 0. The molecule has 0 spiro atoms. The van der Waals surface area contributed by atoms with Gasteiger partial charge in [-0.15, -0.1) is 0 Å². The highest BCUT2D eigenvalue weighted by molar-refractivity contribution is 5.96. The maximum absolute atomic E-state index is 13.7. The van der Waals surface area contributed by atoms with Gasteiger partial charge in [0.05, 0.1) is 0 Å². The van der Waals surface area contributed by atoms with Crippen LogP contribution in [0.25, 0.3) is 11.0 Å². The van der Waals surface area contributed by atoms with Crippen molar-refractivity contribution in [2.24, 2.45) is 0 Å². The third kappa shape index (κ3) is 2.53. The molecule has 0 aliphatic carbocycles. The summed E-state index contributed by atoms with van der Waals surface area (Å²) in [5.41, 5.74) is 0.649. The first-order valence-electron chi connectivity index (χ1n) is 5.91. The summed E-state index contributed by atoms with van der Waals surface area (Å²) in [6, 6.07) is 4.96. The number of rotatable bonds is 1. The molecule has 1 heterocycles. The number of halogens is 1. The van der Waals surface area contributed by atoms with Crippen molar-refractivity contribution in [3.63, 3.8) is 0 Å². The van der Waals surface area contributed by atoms with Crippen LogP contribution in [0.15, 0.2) is 22.6 Å². The Balaban J connectivity index is 0.000000771. The average molecular weight is 251 g/mol. The molecule has 1 aromatic heterocycles. The molecule has 2 aromatic rings. The Kier molecular flexibility index (Phi) is 4.48. The minimum atomic E-state index is -0.407. The summed E-state index contributed by atoms with van der Waals surface area (Å²) in [6.45, 7) is 5.66. The zero-order chi connectivity index (χ0) is 13.9. The highest BCUT2D eigenvalue weighted by Gasteiger charge is 2.16. The third-order valence-electron chi connectivity index (χ3n) is 2.44. The fraction of sp³-hybridized carbons (Fsp3) is 0.357. The smallest absolute Gasteiger partial charge is 0.289 e. The molecule has 4 heteroatoms. The van der Waals surface area contributed by atoms with Crippen LogP contribution in [0.2, 0.25) is 0 Å². The monoisotopic (exact) mass is 251 g/mol. The summed E-state index contributed by atoms with van der Waals surface area (Å²) in [5, 5.41) is 0.605. The van der Waals surface area contributed by atoms with Gasteiger partial charge >= 0.3 is 0 Å². The normalized spacial score (nSPS) is 9.89. The van der Waals surface area contributed by atoms with Gasteiger partial charge in [-0.2, -0.15) is 0 Å². The second-order valence-corrected chi connectivity index (χ2v) is 3.93. The number of hydrogen-bond donors (Lipinski definition) is 0. The number of amides is 1. The first kappa shape index (κ1) is 14.2. The molecule has 2 rings (SSSR count). The maximum atomic E-state index is 13.7. The van der Waals surface area contributed by atoms with Crippen LogP contribution >= 0.6 is 0 Å². The van der Waals surface area contributed by atoms with E-state index in [1.807, 2.05) is 13.8 Å². The molecule has 18 heavy (non-hydrogen) atoms. The molecule has 0 saturated heterocycles. The number of hydrogen-bond acceptors (Lipinski definition) is 2. The van der Waals surface area contributed by atoms with Gasteiger partial charge < -0.3 is 9.32 Å². The molecule has 3 nitrogen and oxygen atoms in total. The van der Waals surface area contributed by atoms with Crippen LogP contribution in [0, 0.1) is 12.7 Å². The molecule has 0 unspecified atom stereocenters. The molecule has 1 amide bonds. The number of benzene rings is 1. The maximum Gasteiger partial charge on any atom is 0.289 e. The summed E-state index contributed by atoms with van der Waals surface area (Å²) < 4.78 is 18.9. The predicted octanol–water partition coefficient (Wildman–Crippen LogP) is 3.61. The number of carbonyl (C=O) groups excluding carboxylic acids is 1. The lowest BCUT2D eigenvalue weighted by Crippen LogP contribution is -2.20. The van der Waals surface area contributed by atoms with E-state index in [1.54, 1.807) is 39.2 Å². The lowest BCUT2D eigenvalue weighted by atomic mass is 10.2. The first-order chi connectivity index (χ1) is 8.50. The number of nitrogens with zero attached hydrogens (tertiary/aromatic N) is 1. The minimum absolute atomic E-state index is 0.144. The lowest BCUT2D eigenvalue weighted by Gasteiger charge is -2.06. The van der Waals surface area contributed by atoms with E-state index in [0.717, 1.165) is 0 Å². The van der Waals surface area contributed by atoms with Crippen LogP contribution in [-0.2, 0) is 0 Å². The summed E-state index contributed by atoms with van der Waals surface area (Å²) in [6.07, 6.45) is 0. The topological polar surface area (TPSA) is 33.5 Å². The largest absolute Gasteiger partial charge is 0.448 e. The Morgan fingerprint density at radius 2 is 1.89 bits per heavy atom. The number of fused-ring (bicyclic) bond motifs is 1. The minimum Gasteiger partial charge on any atom is -0.448 e. The Morgan fingerprint density at radius 1 is 1.28 bits per heavy atom. The van der Waals surface area contributed by atoms with Crippen molar-refractivity contribution < 1.29 is 13.6 Å². The van der Waals surface area contributed by atoms with Gasteiger partial charge in [0.2, 0.25) is 0 Å². The molecule has 98 valence electrons. The molecule has 0 radical (unpaired) electrons. The van der Waals surface area contributed by atoms with Crippen molar-refractivity contribution in [1.82, 2.24) is 4.90 Å². The van der Waals surface area contributed by atoms with Crippen molar-refractivity contribution in [2.75, 3.05) is 14.1 Å². The van der Waals surface area contributed by atoms with Crippen molar-refractivity contribution in [3.8, 4) is 0 Å². The molecule has 0 bridgehead atoms. The van der Waals surface area contributed by atoms with Crippen LogP contribution in [0.3, 0.4) is 0 Å². The van der Waals surface area contributed by atoms with Gasteiger partial charge in [0.25, 0.3) is 5.91 Å². The third-order valence-corrected chi connectivity index (χ3v) is 2.44. The van der Waals surface area contributed by atoms with Crippen LogP contribution < -0.4 is 0 Å². The fourth-order valence-electron chi connectivity index (χ4n) is 1.49. The molecular formula is C14H18FNO2. The van der Waals surface area contributed by atoms with Gasteiger partial charge in [0.1, 0.15) is 0 Å². The van der Waals surface area contributed by atoms with E-state index >= 15 is 0 Å². The Hall–Kier alpha value is -1.84. The highest BCUT2D eigenvalue weighted by atomic mass is 19.1. The summed E-state index contributed by atoms with van der Waals surface area (Å²) in [4.78, 5) is 13.0. The number of carbonyl (C=O) groups is 1. The molecule has 0 atom stereocenters. The SMILES string of the molecule is CC.Cc1ccc2cc(C(=O)N(C)C)oc2c1F. The molecule has 0 saturated carbocycles. The van der Waals surface area contributed by atoms with Crippen molar-refractivity contribution in [3.05, 3.63) is 35.3 Å². The Bertz CT molecular complexity index is 558. The predicted molar refractivity (Wildman–Crippen MR) is 70.3 cm³/mol. The first-order valence-corrected chi connectivity index (χ1v) is 5.91. The van der Waals surface area contributed by atoms with Gasteiger partial charge in [-0.25, -0.2) is 4.39 Å². The standard InChI is InChI=1S/C12H12FNO2.C2H6/c1-7-4-5-8-6-9(12(15)14(2)3)16-11(8)10(7)13;1-2/h4-6H,1-3H3;1-2H3. The average Bonchev–Trinajstić information content (AvgIpc) is 2.80. The van der Waals surface area contributed by atoms with Gasteiger partial charge in [-0.3, -0.25) is 4.79 Å². The second kappa shape index (κ2) is 5.67. The van der Waals surface area contributed by atoms with E-state index in [4.69, 9.17) is 4.42 Å². The molecule has 0 N–H and O–H groups in total. The zero-order valence-electron chi connectivity index (χ0n) is 11.4. The quantitative estimate of drug-likeness (QED) is 0.775. The Morgan fingerprint density at radius 3 is 2.44 bits per heavy atom. The van der Waals surface area contributed by atoms with E-state index in [1.165, 1.54) is 4.90 Å². The zero-order valence-corrected chi connectivity index (χ0v) is 11.4. The van der Waals surface area contributed by atoms with Crippen molar-refractivity contribution in [1.29, 1.82) is 0 Å². The highest BCUT2D eigenvalue weighted by Crippen LogP contribution is 2.24. The van der Waals surface area contributed by atoms with Gasteiger partial charge in [0, 0.05) is 19.5 Å². The lowest BCUT2D eigenvalue weighted by molar-refractivity contribution is 0.0799. The van der Waals surface area contributed by atoms with E-state index in [-0.39, 0.29) is 17.3 Å². The Labute approximate surface area is 106 Å². The van der Waals surface area contributed by atoms with E-state index in [2.05, 4.69) is 0 Å². The molecular weight excluding hydrogens is 233 g/mol. The van der Waals surface area contributed by atoms with Crippen LogP contribution in [0.5, 0.6) is 0 Å². The van der Waals surface area contributed by atoms with Crippen LogP contribution in [0.1, 0.15) is 30.0 Å². The second-order valence-electron chi connectivity index (χ2n) is 3.93. The summed E-state index contributed by atoms with van der Waals surface area (Å²) in [5.74, 6) is -0.520. The van der Waals surface area contributed by atoms with E-state index < -0.39 is 5.82 Å². The van der Waals surface area contributed by atoms with E-state index in [0.29, 0.717) is 10.9 Å². The number of aryl methyl sites for hydroxylation is 1. The van der Waals surface area contributed by atoms with Gasteiger partial charge in [-0.05, 0) is 18.6 Å². The molecule has 0 fully saturated rings. The van der Waals surface area contributed by atoms with E-state index in [9.17, 15) is 9.18 Å². The molecule has 0 aliphatic rings. The molecule has 1 aromatic carbocycles.